The number of rotatable bonds is 7. The van der Waals surface area contributed by atoms with Crippen molar-refractivity contribution >= 4 is 17.7 Å². The molecule has 0 saturated carbocycles. The van der Waals surface area contributed by atoms with Crippen molar-refractivity contribution in [2.75, 3.05) is 17.6 Å². The minimum absolute atomic E-state index is 0.112. The van der Waals surface area contributed by atoms with Crippen molar-refractivity contribution in [2.24, 2.45) is 0 Å². The van der Waals surface area contributed by atoms with Gasteiger partial charge < -0.3 is 10.1 Å². The molecular weight excluding hydrogens is 282 g/mol. The molecule has 0 aliphatic heterocycles. The third kappa shape index (κ3) is 5.63. The number of hydrogen-bond donors (Lipinski definition) is 1. The fourth-order valence-corrected chi connectivity index (χ4v) is 2.56. The highest BCUT2D eigenvalue weighted by Crippen LogP contribution is 2.17. The molecule has 112 valence electrons. The Kier molecular flexibility index (Phi) is 5.87. The first-order chi connectivity index (χ1) is 10.1. The van der Waals surface area contributed by atoms with E-state index >= 15 is 0 Å². The van der Waals surface area contributed by atoms with Crippen molar-refractivity contribution in [2.45, 2.75) is 31.8 Å². The van der Waals surface area contributed by atoms with Gasteiger partial charge in [-0.15, -0.1) is 11.8 Å². The third-order valence-electron chi connectivity index (χ3n) is 2.58. The van der Waals surface area contributed by atoms with Gasteiger partial charge in [0.1, 0.15) is 0 Å². The summed E-state index contributed by atoms with van der Waals surface area (Å²) >= 11 is 1.81. The van der Waals surface area contributed by atoms with E-state index in [0.717, 1.165) is 18.0 Å². The van der Waals surface area contributed by atoms with Crippen molar-refractivity contribution in [3.63, 3.8) is 0 Å². The summed E-state index contributed by atoms with van der Waals surface area (Å²) in [5, 5.41) is 3.25. The van der Waals surface area contributed by atoms with E-state index < -0.39 is 0 Å². The van der Waals surface area contributed by atoms with Crippen LogP contribution in [0.1, 0.15) is 19.5 Å². The van der Waals surface area contributed by atoms with Gasteiger partial charge in [-0.2, -0.15) is 4.98 Å². The van der Waals surface area contributed by atoms with Gasteiger partial charge in [-0.25, -0.2) is 4.98 Å². The molecule has 1 N–H and O–H groups in total. The van der Waals surface area contributed by atoms with E-state index in [-0.39, 0.29) is 6.10 Å². The van der Waals surface area contributed by atoms with E-state index in [1.807, 2.05) is 44.7 Å². The first-order valence-corrected chi connectivity index (χ1v) is 8.06. The zero-order valence-electron chi connectivity index (χ0n) is 12.7. The molecule has 0 radical (unpaired) electrons. The van der Waals surface area contributed by atoms with Gasteiger partial charge in [0, 0.05) is 29.0 Å². The average Bonchev–Trinajstić information content (AvgIpc) is 2.43. The zero-order valence-corrected chi connectivity index (χ0v) is 13.5. The molecule has 0 spiro atoms. The predicted octanol–water partition coefficient (Wildman–Crippen LogP) is 3.78. The normalized spacial score (nSPS) is 10.7. The molecule has 1 aromatic carbocycles. The Morgan fingerprint density at radius 1 is 1.19 bits per heavy atom. The van der Waals surface area contributed by atoms with Crippen LogP contribution in [0, 0.1) is 6.92 Å². The lowest BCUT2D eigenvalue weighted by Gasteiger charge is -2.11. The SMILES string of the molecule is Cc1cc(OC(C)C)nc(NCCSc2ccccc2)n1. The molecule has 0 aliphatic carbocycles. The van der Waals surface area contributed by atoms with Crippen LogP contribution in [0.2, 0.25) is 0 Å². The zero-order chi connectivity index (χ0) is 15.1. The highest BCUT2D eigenvalue weighted by atomic mass is 32.2. The number of anilines is 1. The van der Waals surface area contributed by atoms with Gasteiger partial charge in [-0.3, -0.25) is 0 Å². The molecule has 2 aromatic rings. The van der Waals surface area contributed by atoms with Gasteiger partial charge >= 0.3 is 0 Å². The molecule has 0 atom stereocenters. The highest BCUT2D eigenvalue weighted by molar-refractivity contribution is 7.99. The maximum absolute atomic E-state index is 5.61. The summed E-state index contributed by atoms with van der Waals surface area (Å²) in [4.78, 5) is 10.0. The second-order valence-electron chi connectivity index (χ2n) is 4.93. The van der Waals surface area contributed by atoms with Crippen molar-refractivity contribution < 1.29 is 4.74 Å². The Labute approximate surface area is 130 Å². The average molecular weight is 303 g/mol. The largest absolute Gasteiger partial charge is 0.475 e. The number of ether oxygens (including phenoxy) is 1. The summed E-state index contributed by atoms with van der Waals surface area (Å²) in [5.41, 5.74) is 0.902. The monoisotopic (exact) mass is 303 g/mol. The molecule has 5 heteroatoms. The smallest absolute Gasteiger partial charge is 0.226 e. The van der Waals surface area contributed by atoms with Gasteiger partial charge in [0.25, 0.3) is 0 Å². The maximum atomic E-state index is 5.61. The number of nitrogens with one attached hydrogen (secondary N) is 1. The Bertz CT molecular complexity index is 561. The molecule has 1 heterocycles. The molecule has 4 nitrogen and oxygen atoms in total. The molecule has 0 bridgehead atoms. The number of hydrogen-bond acceptors (Lipinski definition) is 5. The Hall–Kier alpha value is -1.75. The predicted molar refractivity (Wildman–Crippen MR) is 88.2 cm³/mol. The number of aryl methyl sites for hydroxylation is 1. The summed E-state index contributed by atoms with van der Waals surface area (Å²) in [6.07, 6.45) is 0.112. The summed E-state index contributed by atoms with van der Waals surface area (Å²) < 4.78 is 5.61. The number of thioether (sulfide) groups is 1. The van der Waals surface area contributed by atoms with E-state index in [2.05, 4.69) is 39.6 Å². The molecule has 0 fully saturated rings. The van der Waals surface area contributed by atoms with Crippen LogP contribution in [-0.2, 0) is 0 Å². The van der Waals surface area contributed by atoms with Crippen molar-refractivity contribution in [3.05, 3.63) is 42.1 Å². The molecular formula is C16H21N3OS. The lowest BCUT2D eigenvalue weighted by Crippen LogP contribution is -2.11. The number of benzene rings is 1. The summed E-state index contributed by atoms with van der Waals surface area (Å²) in [7, 11) is 0. The molecule has 0 unspecified atom stereocenters. The Morgan fingerprint density at radius 2 is 1.95 bits per heavy atom. The van der Waals surface area contributed by atoms with E-state index in [4.69, 9.17) is 4.74 Å². The lowest BCUT2D eigenvalue weighted by molar-refractivity contribution is 0.232. The van der Waals surface area contributed by atoms with E-state index in [9.17, 15) is 0 Å². The summed E-state index contributed by atoms with van der Waals surface area (Å²) in [6, 6.07) is 12.2. The molecule has 0 saturated heterocycles. The standard InChI is InChI=1S/C16H21N3OS/c1-12(2)20-15-11-13(3)18-16(19-15)17-9-10-21-14-7-5-4-6-8-14/h4-8,11-12H,9-10H2,1-3H3,(H,17,18,19). The molecule has 0 amide bonds. The Morgan fingerprint density at radius 3 is 2.67 bits per heavy atom. The minimum Gasteiger partial charge on any atom is -0.475 e. The second kappa shape index (κ2) is 7.88. The van der Waals surface area contributed by atoms with Crippen LogP contribution in [0.5, 0.6) is 5.88 Å². The number of aromatic nitrogens is 2. The Balaban J connectivity index is 1.84. The molecule has 2 rings (SSSR count). The van der Waals surface area contributed by atoms with Crippen LogP contribution in [0.15, 0.2) is 41.3 Å². The van der Waals surface area contributed by atoms with Gasteiger partial charge in [0.15, 0.2) is 0 Å². The van der Waals surface area contributed by atoms with E-state index in [1.54, 1.807) is 0 Å². The van der Waals surface area contributed by atoms with Gasteiger partial charge in [0.2, 0.25) is 11.8 Å². The maximum Gasteiger partial charge on any atom is 0.226 e. The van der Waals surface area contributed by atoms with Crippen LogP contribution < -0.4 is 10.1 Å². The van der Waals surface area contributed by atoms with E-state index in [1.165, 1.54) is 4.90 Å². The first-order valence-electron chi connectivity index (χ1n) is 7.07. The molecule has 21 heavy (non-hydrogen) atoms. The number of nitrogens with zero attached hydrogens (tertiary/aromatic N) is 2. The van der Waals surface area contributed by atoms with Gasteiger partial charge in [-0.1, -0.05) is 18.2 Å². The van der Waals surface area contributed by atoms with Crippen molar-refractivity contribution in [1.29, 1.82) is 0 Å². The quantitative estimate of drug-likeness (QED) is 0.623. The van der Waals surface area contributed by atoms with Gasteiger partial charge in [-0.05, 0) is 32.9 Å². The summed E-state index contributed by atoms with van der Waals surface area (Å²) in [5.74, 6) is 2.21. The highest BCUT2D eigenvalue weighted by Gasteiger charge is 2.04. The third-order valence-corrected chi connectivity index (χ3v) is 3.60. The van der Waals surface area contributed by atoms with Crippen LogP contribution in [-0.4, -0.2) is 28.4 Å². The van der Waals surface area contributed by atoms with Crippen molar-refractivity contribution in [1.82, 2.24) is 9.97 Å². The fraction of sp³-hybridized carbons (Fsp3) is 0.375. The summed E-state index contributed by atoms with van der Waals surface area (Å²) in [6.45, 7) is 6.73. The lowest BCUT2D eigenvalue weighted by atomic mass is 10.4. The van der Waals surface area contributed by atoms with Crippen molar-refractivity contribution in [3.8, 4) is 5.88 Å². The van der Waals surface area contributed by atoms with Crippen LogP contribution >= 0.6 is 11.8 Å². The minimum atomic E-state index is 0.112. The second-order valence-corrected chi connectivity index (χ2v) is 6.09. The molecule has 0 aliphatic rings. The fourth-order valence-electron chi connectivity index (χ4n) is 1.77. The van der Waals surface area contributed by atoms with E-state index in [0.29, 0.717) is 11.8 Å². The van der Waals surface area contributed by atoms with Crippen LogP contribution in [0.25, 0.3) is 0 Å². The topological polar surface area (TPSA) is 47.0 Å². The van der Waals surface area contributed by atoms with Crippen LogP contribution in [0.4, 0.5) is 5.95 Å². The first kappa shape index (κ1) is 15.6. The van der Waals surface area contributed by atoms with Gasteiger partial charge in [0.05, 0.1) is 6.10 Å². The molecule has 1 aromatic heterocycles. The van der Waals surface area contributed by atoms with Crippen LogP contribution in [0.3, 0.4) is 0 Å².